The van der Waals surface area contributed by atoms with Gasteiger partial charge in [0, 0.05) is 30.0 Å². The number of benzene rings is 1. The minimum Gasteiger partial charge on any atom is -0.493 e. The molecule has 3 aromatic heterocycles. The second-order valence-corrected chi connectivity index (χ2v) is 6.22. The summed E-state index contributed by atoms with van der Waals surface area (Å²) in [7, 11) is 4.89. The standard InChI is InChI=1S/C20H21N3O4/c1-5-12-19-13-7-17(25-3)18(26-4)8-14(13)22-16(19)9-21-20(12)15-6-11(10-24-2)27-23-15/h6-9,22H,5,10H2,1-4H3. The first-order chi connectivity index (χ1) is 13.2. The lowest BCUT2D eigenvalue weighted by molar-refractivity contribution is 0.156. The number of ether oxygens (including phenoxy) is 3. The summed E-state index contributed by atoms with van der Waals surface area (Å²) in [6.07, 6.45) is 2.63. The fourth-order valence-corrected chi connectivity index (χ4v) is 3.49. The number of aromatic nitrogens is 3. The maximum atomic E-state index is 5.49. The summed E-state index contributed by atoms with van der Waals surface area (Å²) in [4.78, 5) is 8.07. The molecular formula is C20H21N3O4. The van der Waals surface area contributed by atoms with Gasteiger partial charge in [0.25, 0.3) is 0 Å². The van der Waals surface area contributed by atoms with Crippen LogP contribution in [0.5, 0.6) is 11.5 Å². The largest absolute Gasteiger partial charge is 0.493 e. The molecule has 0 saturated heterocycles. The lowest BCUT2D eigenvalue weighted by atomic mass is 10.0. The van der Waals surface area contributed by atoms with E-state index in [2.05, 4.69) is 22.0 Å². The Labute approximate surface area is 156 Å². The third kappa shape index (κ3) is 2.80. The topological polar surface area (TPSA) is 82.4 Å². The van der Waals surface area contributed by atoms with Crippen LogP contribution in [0.2, 0.25) is 0 Å². The van der Waals surface area contributed by atoms with E-state index in [-0.39, 0.29) is 0 Å². The molecule has 0 unspecified atom stereocenters. The van der Waals surface area contributed by atoms with Crippen LogP contribution < -0.4 is 9.47 Å². The van der Waals surface area contributed by atoms with Crippen molar-refractivity contribution in [2.75, 3.05) is 21.3 Å². The highest BCUT2D eigenvalue weighted by molar-refractivity contribution is 6.11. The number of aromatic amines is 1. The van der Waals surface area contributed by atoms with Gasteiger partial charge in [-0.25, -0.2) is 0 Å². The van der Waals surface area contributed by atoms with Crippen molar-refractivity contribution in [2.24, 2.45) is 0 Å². The summed E-state index contributed by atoms with van der Waals surface area (Å²) in [5.41, 5.74) is 4.55. The van der Waals surface area contributed by atoms with Crippen molar-refractivity contribution in [3.05, 3.63) is 35.7 Å². The number of aryl methyl sites for hydroxylation is 1. The van der Waals surface area contributed by atoms with Gasteiger partial charge in [0.15, 0.2) is 17.3 Å². The van der Waals surface area contributed by atoms with E-state index in [1.165, 1.54) is 0 Å². The molecule has 7 heteroatoms. The number of pyridine rings is 1. The Morgan fingerprint density at radius 3 is 2.52 bits per heavy atom. The number of hydrogen-bond acceptors (Lipinski definition) is 6. The quantitative estimate of drug-likeness (QED) is 0.552. The second kappa shape index (κ2) is 6.92. The van der Waals surface area contributed by atoms with E-state index in [4.69, 9.17) is 18.7 Å². The molecule has 1 N–H and O–H groups in total. The van der Waals surface area contributed by atoms with Crippen molar-refractivity contribution in [2.45, 2.75) is 20.0 Å². The van der Waals surface area contributed by atoms with Crippen molar-refractivity contribution < 1.29 is 18.7 Å². The first-order valence-corrected chi connectivity index (χ1v) is 8.70. The van der Waals surface area contributed by atoms with Crippen LogP contribution >= 0.6 is 0 Å². The van der Waals surface area contributed by atoms with Gasteiger partial charge in [0.2, 0.25) is 0 Å². The third-order valence-corrected chi connectivity index (χ3v) is 4.68. The van der Waals surface area contributed by atoms with Gasteiger partial charge in [-0.3, -0.25) is 4.98 Å². The van der Waals surface area contributed by atoms with Gasteiger partial charge in [-0.15, -0.1) is 0 Å². The Kier molecular flexibility index (Phi) is 4.45. The number of nitrogens with zero attached hydrogens (tertiary/aromatic N) is 2. The van der Waals surface area contributed by atoms with E-state index in [0.29, 0.717) is 29.6 Å². The van der Waals surface area contributed by atoms with Crippen molar-refractivity contribution in [1.29, 1.82) is 0 Å². The van der Waals surface area contributed by atoms with E-state index >= 15 is 0 Å². The van der Waals surface area contributed by atoms with E-state index in [0.717, 1.165) is 39.5 Å². The zero-order valence-electron chi connectivity index (χ0n) is 15.8. The average molecular weight is 367 g/mol. The highest BCUT2D eigenvalue weighted by atomic mass is 16.5. The first-order valence-electron chi connectivity index (χ1n) is 8.70. The molecule has 27 heavy (non-hydrogen) atoms. The van der Waals surface area contributed by atoms with Crippen molar-refractivity contribution in [3.63, 3.8) is 0 Å². The zero-order chi connectivity index (χ0) is 19.0. The van der Waals surface area contributed by atoms with Crippen LogP contribution in [0.25, 0.3) is 33.2 Å². The fourth-order valence-electron chi connectivity index (χ4n) is 3.49. The molecule has 0 radical (unpaired) electrons. The van der Waals surface area contributed by atoms with E-state index in [1.807, 2.05) is 24.4 Å². The van der Waals surface area contributed by atoms with E-state index in [9.17, 15) is 0 Å². The highest BCUT2D eigenvalue weighted by Gasteiger charge is 2.19. The lowest BCUT2D eigenvalue weighted by Gasteiger charge is -2.09. The van der Waals surface area contributed by atoms with Gasteiger partial charge in [-0.2, -0.15) is 0 Å². The predicted octanol–water partition coefficient (Wildman–Crippen LogP) is 4.10. The molecule has 0 atom stereocenters. The average Bonchev–Trinajstić information content (AvgIpc) is 3.30. The molecule has 0 spiro atoms. The van der Waals surface area contributed by atoms with Gasteiger partial charge < -0.3 is 23.7 Å². The third-order valence-electron chi connectivity index (χ3n) is 4.68. The number of nitrogens with one attached hydrogen (secondary N) is 1. The number of rotatable bonds is 6. The van der Waals surface area contributed by atoms with E-state index in [1.54, 1.807) is 21.3 Å². The van der Waals surface area contributed by atoms with Crippen LogP contribution in [-0.2, 0) is 17.8 Å². The van der Waals surface area contributed by atoms with Gasteiger partial charge in [0.05, 0.1) is 37.1 Å². The molecule has 140 valence electrons. The monoisotopic (exact) mass is 367 g/mol. The summed E-state index contributed by atoms with van der Waals surface area (Å²) in [5.74, 6) is 2.04. The maximum Gasteiger partial charge on any atom is 0.163 e. The number of methoxy groups -OCH3 is 3. The Balaban J connectivity index is 1.97. The molecule has 0 aliphatic carbocycles. The van der Waals surface area contributed by atoms with Crippen LogP contribution in [0.1, 0.15) is 18.2 Å². The second-order valence-electron chi connectivity index (χ2n) is 6.22. The van der Waals surface area contributed by atoms with Crippen LogP contribution in [0, 0.1) is 0 Å². The smallest absolute Gasteiger partial charge is 0.163 e. The highest BCUT2D eigenvalue weighted by Crippen LogP contribution is 2.39. The molecule has 0 saturated carbocycles. The van der Waals surface area contributed by atoms with Crippen molar-refractivity contribution in [3.8, 4) is 22.9 Å². The van der Waals surface area contributed by atoms with Crippen molar-refractivity contribution >= 4 is 21.8 Å². The Morgan fingerprint density at radius 2 is 1.81 bits per heavy atom. The van der Waals surface area contributed by atoms with Crippen LogP contribution in [0.15, 0.2) is 28.9 Å². The molecule has 4 aromatic rings. The molecule has 4 rings (SSSR count). The zero-order valence-corrected chi connectivity index (χ0v) is 15.8. The Bertz CT molecular complexity index is 1110. The molecule has 0 bridgehead atoms. The fraction of sp³-hybridized carbons (Fsp3) is 0.300. The predicted molar refractivity (Wildman–Crippen MR) is 102 cm³/mol. The Morgan fingerprint density at radius 1 is 1.04 bits per heavy atom. The molecule has 3 heterocycles. The summed E-state index contributed by atoms with van der Waals surface area (Å²) < 4.78 is 21.4. The van der Waals surface area contributed by atoms with Gasteiger partial charge >= 0.3 is 0 Å². The van der Waals surface area contributed by atoms with Crippen LogP contribution in [0.4, 0.5) is 0 Å². The SMILES string of the molecule is CCc1c(-c2cc(COC)on2)ncc2[nH]c3cc(OC)c(OC)cc3c12. The molecule has 0 aliphatic rings. The minimum absolute atomic E-state index is 0.376. The van der Waals surface area contributed by atoms with Crippen molar-refractivity contribution in [1.82, 2.24) is 15.1 Å². The van der Waals surface area contributed by atoms with Gasteiger partial charge in [-0.1, -0.05) is 12.1 Å². The maximum absolute atomic E-state index is 5.49. The summed E-state index contributed by atoms with van der Waals surface area (Å²) in [5, 5.41) is 6.34. The number of fused-ring (bicyclic) bond motifs is 3. The molecule has 0 amide bonds. The summed E-state index contributed by atoms with van der Waals surface area (Å²) in [6, 6.07) is 5.81. The Hall–Kier alpha value is -3.06. The molecule has 0 fully saturated rings. The van der Waals surface area contributed by atoms with Crippen LogP contribution in [0.3, 0.4) is 0 Å². The van der Waals surface area contributed by atoms with E-state index < -0.39 is 0 Å². The molecular weight excluding hydrogens is 346 g/mol. The van der Waals surface area contributed by atoms with Crippen LogP contribution in [-0.4, -0.2) is 36.5 Å². The number of H-pyrrole nitrogens is 1. The number of hydrogen-bond donors (Lipinski definition) is 1. The normalized spacial score (nSPS) is 11.4. The molecule has 7 nitrogen and oxygen atoms in total. The minimum atomic E-state index is 0.376. The first kappa shape index (κ1) is 17.4. The molecule has 1 aromatic carbocycles. The van der Waals surface area contributed by atoms with Gasteiger partial charge in [0.1, 0.15) is 12.3 Å². The summed E-state index contributed by atoms with van der Waals surface area (Å²) in [6.45, 7) is 2.48. The lowest BCUT2D eigenvalue weighted by Crippen LogP contribution is -1.94. The summed E-state index contributed by atoms with van der Waals surface area (Å²) >= 11 is 0. The van der Waals surface area contributed by atoms with Gasteiger partial charge in [-0.05, 0) is 18.1 Å². The molecule has 0 aliphatic heterocycles.